The molecule has 41 heavy (non-hydrogen) atoms. The SMILES string of the molecule is C#Cc1cccc2cccc(-c3ncc4c(N5CC(CC)NC(CC)C5)nc(OC[C@@H]5CCCN5C)nc4c3F)c12. The number of terminal acetylenes is 1. The fraction of sp³-hybridized carbons (Fsp3) is 0.424. The van der Waals surface area contributed by atoms with E-state index in [0.717, 1.165) is 56.1 Å². The maximum atomic E-state index is 16.6. The van der Waals surface area contributed by atoms with E-state index >= 15 is 4.39 Å². The summed E-state index contributed by atoms with van der Waals surface area (Å²) < 4.78 is 22.8. The zero-order valence-corrected chi connectivity index (χ0v) is 24.0. The Balaban J connectivity index is 1.50. The van der Waals surface area contributed by atoms with Gasteiger partial charge in [0.15, 0.2) is 5.82 Å². The van der Waals surface area contributed by atoms with Crippen LogP contribution in [-0.2, 0) is 0 Å². The molecule has 2 unspecified atom stereocenters. The molecule has 6 rings (SSSR count). The Morgan fingerprint density at radius 1 is 1.10 bits per heavy atom. The van der Waals surface area contributed by atoms with Crippen LogP contribution < -0.4 is 15.0 Å². The molecular weight excluding hydrogens is 515 g/mol. The van der Waals surface area contributed by atoms with Crippen LogP contribution in [-0.4, -0.2) is 71.3 Å². The molecule has 7 nitrogen and oxygen atoms in total. The van der Waals surface area contributed by atoms with Crippen molar-refractivity contribution in [1.82, 2.24) is 25.2 Å². The first-order valence-electron chi connectivity index (χ1n) is 14.7. The second kappa shape index (κ2) is 11.6. The first-order chi connectivity index (χ1) is 20.0. The van der Waals surface area contributed by atoms with Crippen LogP contribution in [0.25, 0.3) is 32.9 Å². The molecular formula is C33H37FN6O. The number of benzene rings is 2. The van der Waals surface area contributed by atoms with Gasteiger partial charge in [0.1, 0.15) is 23.6 Å². The molecule has 3 atom stereocenters. The average Bonchev–Trinajstić information content (AvgIpc) is 3.43. The second-order valence-corrected chi connectivity index (χ2v) is 11.2. The number of ether oxygens (including phenoxy) is 1. The topological polar surface area (TPSA) is 66.4 Å². The molecule has 4 heterocycles. The van der Waals surface area contributed by atoms with Crippen LogP contribution in [0.4, 0.5) is 10.2 Å². The number of pyridine rings is 1. The summed E-state index contributed by atoms with van der Waals surface area (Å²) in [6.45, 7) is 7.40. The van der Waals surface area contributed by atoms with Crippen molar-refractivity contribution in [3.05, 3.63) is 54.0 Å². The largest absolute Gasteiger partial charge is 0.462 e. The van der Waals surface area contributed by atoms with E-state index in [-0.39, 0.29) is 17.2 Å². The fourth-order valence-electron chi connectivity index (χ4n) is 6.25. The van der Waals surface area contributed by atoms with Gasteiger partial charge in [-0.2, -0.15) is 9.97 Å². The molecule has 0 aliphatic carbocycles. The van der Waals surface area contributed by atoms with Crippen molar-refractivity contribution in [3.8, 4) is 29.6 Å². The first kappa shape index (κ1) is 27.4. The van der Waals surface area contributed by atoms with Gasteiger partial charge in [0.05, 0.1) is 5.39 Å². The van der Waals surface area contributed by atoms with Crippen molar-refractivity contribution in [1.29, 1.82) is 0 Å². The summed E-state index contributed by atoms with van der Waals surface area (Å²) in [6.07, 6.45) is 11.7. The minimum Gasteiger partial charge on any atom is -0.462 e. The van der Waals surface area contributed by atoms with Gasteiger partial charge in [-0.1, -0.05) is 50.1 Å². The number of likely N-dealkylation sites (tertiary alicyclic amines) is 1. The number of aromatic nitrogens is 3. The number of piperazine rings is 1. The first-order valence-corrected chi connectivity index (χ1v) is 14.7. The Kier molecular flexibility index (Phi) is 7.74. The third-order valence-electron chi connectivity index (χ3n) is 8.67. The van der Waals surface area contributed by atoms with Gasteiger partial charge in [0.25, 0.3) is 0 Å². The molecule has 1 N–H and O–H groups in total. The van der Waals surface area contributed by atoms with E-state index in [1.54, 1.807) is 6.20 Å². The Morgan fingerprint density at radius 2 is 1.85 bits per heavy atom. The van der Waals surface area contributed by atoms with Crippen molar-refractivity contribution >= 4 is 27.5 Å². The van der Waals surface area contributed by atoms with Crippen LogP contribution in [0.5, 0.6) is 6.01 Å². The van der Waals surface area contributed by atoms with E-state index in [4.69, 9.17) is 16.1 Å². The molecule has 2 aliphatic rings. The fourth-order valence-corrected chi connectivity index (χ4v) is 6.25. The van der Waals surface area contributed by atoms with Crippen LogP contribution in [0.2, 0.25) is 0 Å². The lowest BCUT2D eigenvalue weighted by molar-refractivity contribution is 0.188. The van der Waals surface area contributed by atoms with E-state index in [1.165, 1.54) is 0 Å². The van der Waals surface area contributed by atoms with Crippen molar-refractivity contribution in [2.75, 3.05) is 38.2 Å². The highest BCUT2D eigenvalue weighted by Crippen LogP contribution is 2.36. The highest BCUT2D eigenvalue weighted by Gasteiger charge is 2.29. The summed E-state index contributed by atoms with van der Waals surface area (Å²) in [4.78, 5) is 18.7. The molecule has 0 bridgehead atoms. The highest BCUT2D eigenvalue weighted by atomic mass is 19.1. The minimum atomic E-state index is -0.498. The standard InChI is InChI=1S/C33H37FN6O/c1-5-21-11-8-12-22-13-9-15-26(28(21)22)30-29(34)31-27(17-35-30)32(40-18-23(6-2)36-24(7-3)19-40)38-33(37-31)41-20-25-14-10-16-39(25)4/h1,8-9,11-13,15,17,23-25,36H,6-7,10,14,16,18-20H2,2-4H3/t23?,24?,25-/m0/s1. The van der Waals surface area contributed by atoms with Gasteiger partial charge >= 0.3 is 6.01 Å². The van der Waals surface area contributed by atoms with E-state index in [2.05, 4.69) is 51.9 Å². The summed E-state index contributed by atoms with van der Waals surface area (Å²) in [7, 11) is 2.11. The Labute approximate surface area is 241 Å². The predicted molar refractivity (Wildman–Crippen MR) is 163 cm³/mol. The third kappa shape index (κ3) is 5.20. The number of nitrogens with zero attached hydrogens (tertiary/aromatic N) is 5. The minimum absolute atomic E-state index is 0.200. The predicted octanol–water partition coefficient (Wildman–Crippen LogP) is 5.41. The zero-order chi connectivity index (χ0) is 28.5. The van der Waals surface area contributed by atoms with E-state index in [0.29, 0.717) is 47.1 Å². The van der Waals surface area contributed by atoms with Crippen LogP contribution in [0.3, 0.4) is 0 Å². The molecule has 0 saturated carbocycles. The highest BCUT2D eigenvalue weighted by molar-refractivity contribution is 6.02. The summed E-state index contributed by atoms with van der Waals surface area (Å²) >= 11 is 0. The number of fused-ring (bicyclic) bond motifs is 2. The summed E-state index contributed by atoms with van der Waals surface area (Å²) in [6, 6.07) is 12.6. The molecule has 2 fully saturated rings. The monoisotopic (exact) mass is 552 g/mol. The van der Waals surface area contributed by atoms with E-state index in [9.17, 15) is 0 Å². The van der Waals surface area contributed by atoms with Crippen molar-refractivity contribution in [2.45, 2.75) is 57.7 Å². The molecule has 0 spiro atoms. The second-order valence-electron chi connectivity index (χ2n) is 11.2. The molecule has 2 aliphatic heterocycles. The van der Waals surface area contributed by atoms with Crippen LogP contribution in [0.1, 0.15) is 45.1 Å². The molecule has 8 heteroatoms. The lowest BCUT2D eigenvalue weighted by Crippen LogP contribution is -2.56. The smallest absolute Gasteiger partial charge is 0.319 e. The number of nitrogens with one attached hydrogen (secondary N) is 1. The average molecular weight is 553 g/mol. The van der Waals surface area contributed by atoms with Gasteiger partial charge in [-0.3, -0.25) is 4.98 Å². The van der Waals surface area contributed by atoms with Crippen LogP contribution in [0, 0.1) is 18.2 Å². The zero-order valence-electron chi connectivity index (χ0n) is 24.0. The quantitative estimate of drug-likeness (QED) is 0.308. The lowest BCUT2D eigenvalue weighted by atomic mass is 9.96. The Morgan fingerprint density at radius 3 is 2.54 bits per heavy atom. The van der Waals surface area contributed by atoms with Gasteiger partial charge in [-0.15, -0.1) is 6.42 Å². The van der Waals surface area contributed by atoms with Gasteiger partial charge in [-0.25, -0.2) is 4.39 Å². The third-order valence-corrected chi connectivity index (χ3v) is 8.67. The molecule has 212 valence electrons. The molecule has 2 aromatic carbocycles. The summed E-state index contributed by atoms with van der Waals surface area (Å²) in [5, 5.41) is 6.05. The number of rotatable bonds is 7. The van der Waals surface area contributed by atoms with Crippen molar-refractivity contribution in [2.24, 2.45) is 0 Å². The maximum absolute atomic E-state index is 16.6. The number of hydrogen-bond donors (Lipinski definition) is 1. The van der Waals surface area contributed by atoms with Crippen LogP contribution in [0.15, 0.2) is 42.6 Å². The maximum Gasteiger partial charge on any atom is 0.319 e. The van der Waals surface area contributed by atoms with E-state index in [1.807, 2.05) is 36.4 Å². The van der Waals surface area contributed by atoms with Gasteiger partial charge in [0, 0.05) is 53.9 Å². The Hall–Kier alpha value is -3.80. The van der Waals surface area contributed by atoms with Gasteiger partial charge in [-0.05, 0) is 50.7 Å². The number of halogens is 1. The normalized spacial score (nSPS) is 21.4. The Bertz CT molecular complexity index is 1600. The van der Waals surface area contributed by atoms with Crippen LogP contribution >= 0.6 is 0 Å². The molecule has 2 saturated heterocycles. The molecule has 0 radical (unpaired) electrons. The number of hydrogen-bond acceptors (Lipinski definition) is 7. The number of anilines is 1. The molecule has 2 aromatic heterocycles. The summed E-state index contributed by atoms with van der Waals surface area (Å²) in [5.74, 6) is 2.92. The molecule has 0 amide bonds. The van der Waals surface area contributed by atoms with Crippen molar-refractivity contribution < 1.29 is 9.13 Å². The van der Waals surface area contributed by atoms with Gasteiger partial charge < -0.3 is 19.9 Å². The summed E-state index contributed by atoms with van der Waals surface area (Å²) in [5.41, 5.74) is 1.77. The number of likely N-dealkylation sites (N-methyl/N-ethyl adjacent to an activating group) is 1. The lowest BCUT2D eigenvalue weighted by Gasteiger charge is -2.39. The van der Waals surface area contributed by atoms with E-state index < -0.39 is 5.82 Å². The molecule has 4 aromatic rings. The van der Waals surface area contributed by atoms with Gasteiger partial charge in [0.2, 0.25) is 0 Å². The van der Waals surface area contributed by atoms with Crippen molar-refractivity contribution in [3.63, 3.8) is 0 Å².